The number of aromatic nitrogens is 3. The molecule has 1 amide bonds. The predicted octanol–water partition coefficient (Wildman–Crippen LogP) is 0.399. The standard InChI is InChI=1S/C15H22N4O4/c1-8(2)13(19-7-11(16-17-19)9-3-4-9)14(21)18-6-10(20)5-12(18)15(22)23/h7-10,12-13,20H,3-6H2,1-2H3,(H,22,23)/t10?,12-,13?/m1/s1. The number of carboxylic acid groups (broad SMARTS) is 1. The highest BCUT2D eigenvalue weighted by atomic mass is 16.4. The quantitative estimate of drug-likeness (QED) is 0.812. The summed E-state index contributed by atoms with van der Waals surface area (Å²) in [6.45, 7) is 3.83. The molecular weight excluding hydrogens is 300 g/mol. The minimum absolute atomic E-state index is 0.0448. The van der Waals surface area contributed by atoms with Gasteiger partial charge >= 0.3 is 5.97 Å². The summed E-state index contributed by atoms with van der Waals surface area (Å²) in [6.07, 6.45) is 3.25. The summed E-state index contributed by atoms with van der Waals surface area (Å²) in [5.41, 5.74) is 0.889. The van der Waals surface area contributed by atoms with E-state index in [-0.39, 0.29) is 24.8 Å². The second kappa shape index (κ2) is 5.92. The molecule has 126 valence electrons. The number of rotatable bonds is 5. The molecule has 3 atom stereocenters. The number of aliphatic carboxylic acids is 1. The Morgan fingerprint density at radius 2 is 2.04 bits per heavy atom. The monoisotopic (exact) mass is 322 g/mol. The normalized spacial score (nSPS) is 25.8. The van der Waals surface area contributed by atoms with E-state index < -0.39 is 24.2 Å². The van der Waals surface area contributed by atoms with Crippen LogP contribution in [-0.2, 0) is 9.59 Å². The molecule has 2 aliphatic rings. The number of carbonyl (C=O) groups excluding carboxylic acids is 1. The minimum atomic E-state index is -1.09. The Kier molecular flexibility index (Phi) is 4.09. The number of hydrogen-bond acceptors (Lipinski definition) is 5. The van der Waals surface area contributed by atoms with E-state index in [1.165, 1.54) is 4.90 Å². The fourth-order valence-electron chi connectivity index (χ4n) is 3.16. The fourth-order valence-corrected chi connectivity index (χ4v) is 3.16. The van der Waals surface area contributed by atoms with Gasteiger partial charge in [0, 0.05) is 25.1 Å². The molecule has 1 aromatic rings. The van der Waals surface area contributed by atoms with Crippen molar-refractivity contribution in [2.75, 3.05) is 6.54 Å². The topological polar surface area (TPSA) is 109 Å². The Morgan fingerprint density at radius 3 is 2.61 bits per heavy atom. The lowest BCUT2D eigenvalue weighted by molar-refractivity contribution is -0.150. The maximum atomic E-state index is 12.9. The Morgan fingerprint density at radius 1 is 1.35 bits per heavy atom. The van der Waals surface area contributed by atoms with Gasteiger partial charge in [-0.2, -0.15) is 0 Å². The van der Waals surface area contributed by atoms with Crippen LogP contribution in [0.2, 0.25) is 0 Å². The average Bonchev–Trinajstić information content (AvgIpc) is 3.08. The third-order valence-electron chi connectivity index (χ3n) is 4.54. The molecule has 3 rings (SSSR count). The van der Waals surface area contributed by atoms with E-state index in [1.807, 2.05) is 13.8 Å². The number of likely N-dealkylation sites (tertiary alicyclic amines) is 1. The molecule has 2 unspecified atom stereocenters. The number of nitrogens with zero attached hydrogens (tertiary/aromatic N) is 4. The summed E-state index contributed by atoms with van der Waals surface area (Å²) >= 11 is 0. The third kappa shape index (κ3) is 3.08. The number of aliphatic hydroxyl groups excluding tert-OH is 1. The first-order valence-corrected chi connectivity index (χ1v) is 8.01. The van der Waals surface area contributed by atoms with Crippen LogP contribution < -0.4 is 0 Å². The number of carboxylic acids is 1. The van der Waals surface area contributed by atoms with Gasteiger partial charge in [0.15, 0.2) is 0 Å². The zero-order valence-corrected chi connectivity index (χ0v) is 13.3. The van der Waals surface area contributed by atoms with Crippen LogP contribution in [0, 0.1) is 5.92 Å². The van der Waals surface area contributed by atoms with Crippen molar-refractivity contribution in [2.24, 2.45) is 5.92 Å². The molecule has 1 aliphatic heterocycles. The van der Waals surface area contributed by atoms with Crippen molar-refractivity contribution in [3.8, 4) is 0 Å². The largest absolute Gasteiger partial charge is 0.480 e. The van der Waals surface area contributed by atoms with E-state index >= 15 is 0 Å². The van der Waals surface area contributed by atoms with Crippen molar-refractivity contribution in [3.05, 3.63) is 11.9 Å². The fraction of sp³-hybridized carbons (Fsp3) is 0.733. The summed E-state index contributed by atoms with van der Waals surface area (Å²) < 4.78 is 1.55. The molecule has 1 aliphatic carbocycles. The van der Waals surface area contributed by atoms with Gasteiger partial charge < -0.3 is 15.1 Å². The van der Waals surface area contributed by atoms with Crippen LogP contribution in [0.4, 0.5) is 0 Å². The van der Waals surface area contributed by atoms with E-state index in [2.05, 4.69) is 10.3 Å². The van der Waals surface area contributed by atoms with Crippen molar-refractivity contribution in [1.82, 2.24) is 19.9 Å². The van der Waals surface area contributed by atoms with Crippen molar-refractivity contribution in [2.45, 2.75) is 57.2 Å². The molecule has 8 nitrogen and oxygen atoms in total. The Bertz CT molecular complexity index is 610. The summed E-state index contributed by atoms with van der Waals surface area (Å²) in [5, 5.41) is 27.3. The molecule has 1 aromatic heterocycles. The molecule has 2 heterocycles. The SMILES string of the molecule is CC(C)C(C(=O)N1CC(O)C[C@@H]1C(=O)O)n1cc(C2CC2)nn1. The van der Waals surface area contributed by atoms with Crippen LogP contribution >= 0.6 is 0 Å². The number of hydrogen-bond donors (Lipinski definition) is 2. The number of aliphatic hydroxyl groups is 1. The average molecular weight is 322 g/mol. The van der Waals surface area contributed by atoms with Gasteiger partial charge in [-0.15, -0.1) is 5.10 Å². The first kappa shape index (κ1) is 15.9. The lowest BCUT2D eigenvalue weighted by Gasteiger charge is -2.28. The summed E-state index contributed by atoms with van der Waals surface area (Å²) in [5.74, 6) is -1.04. The van der Waals surface area contributed by atoms with E-state index in [0.29, 0.717) is 5.92 Å². The molecule has 1 saturated carbocycles. The second-order valence-electron chi connectivity index (χ2n) is 6.82. The Balaban J connectivity index is 1.84. The smallest absolute Gasteiger partial charge is 0.326 e. The van der Waals surface area contributed by atoms with E-state index in [0.717, 1.165) is 18.5 Å². The van der Waals surface area contributed by atoms with Crippen molar-refractivity contribution < 1.29 is 19.8 Å². The zero-order chi connectivity index (χ0) is 16.7. The van der Waals surface area contributed by atoms with Crippen LogP contribution in [0.3, 0.4) is 0 Å². The Hall–Kier alpha value is -1.96. The van der Waals surface area contributed by atoms with Crippen LogP contribution in [0.25, 0.3) is 0 Å². The van der Waals surface area contributed by atoms with Crippen molar-refractivity contribution in [3.63, 3.8) is 0 Å². The lowest BCUT2D eigenvalue weighted by Crippen LogP contribution is -2.45. The minimum Gasteiger partial charge on any atom is -0.480 e. The van der Waals surface area contributed by atoms with Crippen molar-refractivity contribution >= 4 is 11.9 Å². The molecule has 0 radical (unpaired) electrons. The summed E-state index contributed by atoms with van der Waals surface area (Å²) in [4.78, 5) is 25.5. The molecule has 23 heavy (non-hydrogen) atoms. The number of carbonyl (C=O) groups is 2. The van der Waals surface area contributed by atoms with Gasteiger partial charge in [0.05, 0.1) is 11.8 Å². The molecule has 1 saturated heterocycles. The molecule has 0 spiro atoms. The van der Waals surface area contributed by atoms with Crippen LogP contribution in [0.15, 0.2) is 6.20 Å². The highest BCUT2D eigenvalue weighted by Gasteiger charge is 2.42. The summed E-state index contributed by atoms with van der Waals surface area (Å²) in [7, 11) is 0. The van der Waals surface area contributed by atoms with Gasteiger partial charge in [-0.3, -0.25) is 4.79 Å². The van der Waals surface area contributed by atoms with Gasteiger partial charge in [0.25, 0.3) is 0 Å². The van der Waals surface area contributed by atoms with Gasteiger partial charge in [0.1, 0.15) is 12.1 Å². The molecular formula is C15H22N4O4. The van der Waals surface area contributed by atoms with E-state index in [4.69, 9.17) is 0 Å². The first-order valence-electron chi connectivity index (χ1n) is 8.01. The maximum Gasteiger partial charge on any atom is 0.326 e. The molecule has 8 heteroatoms. The molecule has 2 N–H and O–H groups in total. The number of amides is 1. The van der Waals surface area contributed by atoms with Gasteiger partial charge in [0.2, 0.25) is 5.91 Å². The van der Waals surface area contributed by atoms with Gasteiger partial charge in [-0.05, 0) is 18.8 Å². The maximum absolute atomic E-state index is 12.9. The van der Waals surface area contributed by atoms with Gasteiger partial charge in [-0.25, -0.2) is 9.48 Å². The van der Waals surface area contributed by atoms with E-state index in [1.54, 1.807) is 10.9 Å². The lowest BCUT2D eigenvalue weighted by atomic mass is 10.0. The second-order valence-corrected chi connectivity index (χ2v) is 6.82. The Labute approximate surface area is 134 Å². The van der Waals surface area contributed by atoms with E-state index in [9.17, 15) is 19.8 Å². The van der Waals surface area contributed by atoms with Gasteiger partial charge in [-0.1, -0.05) is 19.1 Å². The number of β-amino-alcohol motifs (C(OH)–C–C–N with tert-alkyl or cyclic N) is 1. The first-order chi connectivity index (χ1) is 10.9. The highest BCUT2D eigenvalue weighted by Crippen LogP contribution is 2.39. The predicted molar refractivity (Wildman–Crippen MR) is 79.6 cm³/mol. The third-order valence-corrected chi connectivity index (χ3v) is 4.54. The molecule has 0 aromatic carbocycles. The van der Waals surface area contributed by atoms with Crippen molar-refractivity contribution in [1.29, 1.82) is 0 Å². The van der Waals surface area contributed by atoms with Crippen LogP contribution in [-0.4, -0.2) is 60.7 Å². The summed E-state index contributed by atoms with van der Waals surface area (Å²) in [6, 6.07) is -1.59. The zero-order valence-electron chi connectivity index (χ0n) is 13.3. The van der Waals surface area contributed by atoms with Crippen LogP contribution in [0.5, 0.6) is 0 Å². The molecule has 2 fully saturated rings. The highest BCUT2D eigenvalue weighted by molar-refractivity contribution is 5.87. The van der Waals surface area contributed by atoms with Crippen LogP contribution in [0.1, 0.15) is 50.8 Å². The molecule has 0 bridgehead atoms.